The zero-order valence-corrected chi connectivity index (χ0v) is 20.0. The Morgan fingerprint density at radius 2 is 1.90 bits per heavy atom. The Morgan fingerprint density at radius 3 is 2.55 bits per heavy atom. The predicted molar refractivity (Wildman–Crippen MR) is 128 cm³/mol. The molecule has 2 rings (SSSR count). The summed E-state index contributed by atoms with van der Waals surface area (Å²) in [5.74, 6) is 1.21. The average molecular weight is 463 g/mol. The van der Waals surface area contributed by atoms with Gasteiger partial charge < -0.3 is 15.0 Å². The fourth-order valence-corrected chi connectivity index (χ4v) is 4.15. The largest absolute Gasteiger partial charge is 0.497 e. The summed E-state index contributed by atoms with van der Waals surface area (Å²) in [7, 11) is 1.61. The SMILES string of the molecule is CCCNC(=O)[C@@H](CC)N(Cc1cccc(OC)c1)C(=O)CCSc1ccc(Cl)cc1. The number of thioether (sulfide) groups is 1. The van der Waals surface area contributed by atoms with Gasteiger partial charge in [0.15, 0.2) is 0 Å². The summed E-state index contributed by atoms with van der Waals surface area (Å²) in [5.41, 5.74) is 0.930. The Labute approximate surface area is 194 Å². The maximum absolute atomic E-state index is 13.2. The first-order chi connectivity index (χ1) is 15.0. The number of hydrogen-bond donors (Lipinski definition) is 1. The van der Waals surface area contributed by atoms with Crippen molar-refractivity contribution in [2.45, 2.75) is 50.6 Å². The van der Waals surface area contributed by atoms with E-state index in [-0.39, 0.29) is 11.8 Å². The van der Waals surface area contributed by atoms with E-state index in [1.807, 2.05) is 62.4 Å². The van der Waals surface area contributed by atoms with Crippen molar-refractivity contribution in [1.29, 1.82) is 0 Å². The van der Waals surface area contributed by atoms with Gasteiger partial charge in [-0.2, -0.15) is 0 Å². The maximum Gasteiger partial charge on any atom is 0.242 e. The van der Waals surface area contributed by atoms with E-state index in [1.165, 1.54) is 0 Å². The Balaban J connectivity index is 2.12. The molecule has 1 atom stereocenters. The zero-order chi connectivity index (χ0) is 22.6. The average Bonchev–Trinajstić information content (AvgIpc) is 2.78. The summed E-state index contributed by atoms with van der Waals surface area (Å²) >= 11 is 7.54. The summed E-state index contributed by atoms with van der Waals surface area (Å²) in [6.07, 6.45) is 1.74. The Kier molecular flexibility index (Phi) is 10.7. The summed E-state index contributed by atoms with van der Waals surface area (Å²) in [4.78, 5) is 28.7. The number of carbonyl (C=O) groups excluding carboxylic acids is 2. The molecule has 0 unspecified atom stereocenters. The summed E-state index contributed by atoms with van der Waals surface area (Å²) in [6.45, 7) is 4.90. The molecule has 0 saturated heterocycles. The number of hydrogen-bond acceptors (Lipinski definition) is 4. The van der Waals surface area contributed by atoms with E-state index in [0.29, 0.717) is 36.7 Å². The molecular formula is C24H31ClN2O3S. The van der Waals surface area contributed by atoms with Crippen molar-refractivity contribution in [2.24, 2.45) is 0 Å². The lowest BCUT2D eigenvalue weighted by atomic mass is 10.1. The summed E-state index contributed by atoms with van der Waals surface area (Å²) < 4.78 is 5.31. The van der Waals surface area contributed by atoms with Crippen molar-refractivity contribution in [2.75, 3.05) is 19.4 Å². The molecule has 0 spiro atoms. The van der Waals surface area contributed by atoms with Crippen LogP contribution in [0.3, 0.4) is 0 Å². The number of rotatable bonds is 12. The van der Waals surface area contributed by atoms with Crippen LogP contribution in [-0.2, 0) is 16.1 Å². The van der Waals surface area contributed by atoms with Crippen LogP contribution in [0, 0.1) is 0 Å². The number of nitrogens with one attached hydrogen (secondary N) is 1. The minimum atomic E-state index is -0.509. The van der Waals surface area contributed by atoms with E-state index in [4.69, 9.17) is 16.3 Å². The van der Waals surface area contributed by atoms with Crippen molar-refractivity contribution < 1.29 is 14.3 Å². The minimum absolute atomic E-state index is 0.0391. The molecular weight excluding hydrogens is 432 g/mol. The number of carbonyl (C=O) groups is 2. The van der Waals surface area contributed by atoms with E-state index in [9.17, 15) is 9.59 Å². The normalized spacial score (nSPS) is 11.6. The van der Waals surface area contributed by atoms with Gasteiger partial charge in [-0.05, 0) is 54.8 Å². The number of nitrogens with zero attached hydrogens (tertiary/aromatic N) is 1. The Morgan fingerprint density at radius 1 is 1.16 bits per heavy atom. The van der Waals surface area contributed by atoms with Crippen LogP contribution in [0.25, 0.3) is 0 Å². The Hall–Kier alpha value is -2.18. The number of methoxy groups -OCH3 is 1. The second-order valence-electron chi connectivity index (χ2n) is 7.14. The third-order valence-electron chi connectivity index (χ3n) is 4.82. The van der Waals surface area contributed by atoms with Crippen LogP contribution in [0.15, 0.2) is 53.4 Å². The minimum Gasteiger partial charge on any atom is -0.497 e. The van der Waals surface area contributed by atoms with Gasteiger partial charge in [0.1, 0.15) is 11.8 Å². The molecule has 31 heavy (non-hydrogen) atoms. The molecule has 0 aliphatic carbocycles. The van der Waals surface area contributed by atoms with Gasteiger partial charge in [-0.3, -0.25) is 9.59 Å². The van der Waals surface area contributed by atoms with Crippen molar-refractivity contribution in [3.8, 4) is 5.75 Å². The van der Waals surface area contributed by atoms with Crippen LogP contribution in [0.2, 0.25) is 5.02 Å². The molecule has 5 nitrogen and oxygen atoms in total. The standard InChI is InChI=1S/C24H31ClN2O3S/c1-4-14-26-24(29)22(5-2)27(17-18-7-6-8-20(16-18)30-3)23(28)13-15-31-21-11-9-19(25)10-12-21/h6-12,16,22H,4-5,13-15,17H2,1-3H3,(H,26,29)/t22-/m1/s1. The molecule has 0 aliphatic rings. The van der Waals surface area contributed by atoms with Crippen LogP contribution in [0.5, 0.6) is 5.75 Å². The lowest BCUT2D eigenvalue weighted by Gasteiger charge is -2.30. The zero-order valence-electron chi connectivity index (χ0n) is 18.4. The van der Waals surface area contributed by atoms with Crippen molar-refractivity contribution in [1.82, 2.24) is 10.2 Å². The van der Waals surface area contributed by atoms with Gasteiger partial charge in [0.2, 0.25) is 11.8 Å². The van der Waals surface area contributed by atoms with Gasteiger partial charge in [0.25, 0.3) is 0 Å². The number of benzene rings is 2. The predicted octanol–water partition coefficient (Wildman–Crippen LogP) is 5.16. The topological polar surface area (TPSA) is 58.6 Å². The van der Waals surface area contributed by atoms with Crippen molar-refractivity contribution in [3.63, 3.8) is 0 Å². The monoisotopic (exact) mass is 462 g/mol. The van der Waals surface area contributed by atoms with E-state index in [0.717, 1.165) is 22.6 Å². The molecule has 2 aromatic rings. The highest BCUT2D eigenvalue weighted by molar-refractivity contribution is 7.99. The van der Waals surface area contributed by atoms with Crippen molar-refractivity contribution in [3.05, 3.63) is 59.1 Å². The molecule has 0 radical (unpaired) electrons. The highest BCUT2D eigenvalue weighted by Gasteiger charge is 2.28. The van der Waals surface area contributed by atoms with Crippen molar-refractivity contribution >= 4 is 35.2 Å². The molecule has 0 aliphatic heterocycles. The Bertz CT molecular complexity index is 845. The van der Waals surface area contributed by atoms with Gasteiger partial charge in [-0.1, -0.05) is 37.6 Å². The molecule has 0 saturated carbocycles. The fourth-order valence-electron chi connectivity index (χ4n) is 3.18. The van der Waals surface area contributed by atoms with Gasteiger partial charge in [0.05, 0.1) is 7.11 Å². The number of halogens is 1. The lowest BCUT2D eigenvalue weighted by Crippen LogP contribution is -2.49. The van der Waals surface area contributed by atoms with E-state index in [2.05, 4.69) is 5.32 Å². The lowest BCUT2D eigenvalue weighted by molar-refractivity contribution is -0.141. The second kappa shape index (κ2) is 13.3. The van der Waals surface area contributed by atoms with Crippen LogP contribution in [-0.4, -0.2) is 42.2 Å². The fraction of sp³-hybridized carbons (Fsp3) is 0.417. The first kappa shape index (κ1) is 25.1. The highest BCUT2D eigenvalue weighted by Crippen LogP contribution is 2.23. The van der Waals surface area contributed by atoms with E-state index >= 15 is 0 Å². The van der Waals surface area contributed by atoms with Gasteiger partial charge in [0, 0.05) is 35.2 Å². The molecule has 7 heteroatoms. The molecule has 2 aromatic carbocycles. The molecule has 0 fully saturated rings. The smallest absolute Gasteiger partial charge is 0.242 e. The van der Waals surface area contributed by atoms with E-state index in [1.54, 1.807) is 23.8 Å². The number of amides is 2. The quantitative estimate of drug-likeness (QED) is 0.442. The summed E-state index contributed by atoms with van der Waals surface area (Å²) in [5, 5.41) is 3.63. The third-order valence-corrected chi connectivity index (χ3v) is 6.09. The van der Waals surface area contributed by atoms with Gasteiger partial charge in [-0.15, -0.1) is 11.8 Å². The molecule has 0 bridgehead atoms. The second-order valence-corrected chi connectivity index (χ2v) is 8.75. The van der Waals surface area contributed by atoms with Crippen LogP contribution >= 0.6 is 23.4 Å². The van der Waals surface area contributed by atoms with E-state index < -0.39 is 6.04 Å². The molecule has 2 amide bonds. The first-order valence-electron chi connectivity index (χ1n) is 10.6. The van der Waals surface area contributed by atoms with Gasteiger partial charge in [-0.25, -0.2) is 0 Å². The first-order valence-corrected chi connectivity index (χ1v) is 11.9. The van der Waals surface area contributed by atoms with Crippen LogP contribution in [0.1, 0.15) is 38.7 Å². The molecule has 1 N–H and O–H groups in total. The molecule has 0 heterocycles. The van der Waals surface area contributed by atoms with Gasteiger partial charge >= 0.3 is 0 Å². The summed E-state index contributed by atoms with van der Waals surface area (Å²) in [6, 6.07) is 14.7. The third kappa shape index (κ3) is 8.11. The maximum atomic E-state index is 13.2. The van der Waals surface area contributed by atoms with Crippen LogP contribution in [0.4, 0.5) is 0 Å². The highest BCUT2D eigenvalue weighted by atomic mass is 35.5. The molecule has 168 valence electrons. The molecule has 0 aromatic heterocycles. The number of ether oxygens (including phenoxy) is 1. The van der Waals surface area contributed by atoms with Crippen LogP contribution < -0.4 is 10.1 Å².